The van der Waals surface area contributed by atoms with Crippen molar-refractivity contribution in [3.63, 3.8) is 0 Å². The van der Waals surface area contributed by atoms with E-state index >= 15 is 0 Å². The van der Waals surface area contributed by atoms with Crippen molar-refractivity contribution in [1.82, 2.24) is 4.90 Å². The molecule has 1 aliphatic heterocycles. The van der Waals surface area contributed by atoms with Gasteiger partial charge in [-0.05, 0) is 18.1 Å². The lowest BCUT2D eigenvalue weighted by Gasteiger charge is -2.35. The maximum absolute atomic E-state index is 10.3. The first kappa shape index (κ1) is 17.5. The Hall–Kier alpha value is -2.91. The normalized spacial score (nSPS) is 21.9. The van der Waals surface area contributed by atoms with Crippen molar-refractivity contribution in [2.45, 2.75) is 25.0 Å². The molecule has 0 fully saturated rings. The number of aliphatic imine (C=N–C) groups is 1. The summed E-state index contributed by atoms with van der Waals surface area (Å²) in [6.07, 6.45) is 0. The summed E-state index contributed by atoms with van der Waals surface area (Å²) in [5, 5.41) is 10.3. The fourth-order valence-electron chi connectivity index (χ4n) is 3.89. The summed E-state index contributed by atoms with van der Waals surface area (Å²) < 4.78 is 0. The van der Waals surface area contributed by atoms with Crippen molar-refractivity contribution in [2.24, 2.45) is 4.99 Å². The van der Waals surface area contributed by atoms with Crippen LogP contribution in [-0.2, 0) is 6.54 Å². The van der Waals surface area contributed by atoms with E-state index < -0.39 is 5.54 Å². The van der Waals surface area contributed by atoms with Crippen LogP contribution in [0.2, 0.25) is 0 Å². The standard InChI is InChI=1S/C24H24N2O/c1-24(18-27)22(20-13-7-3-8-14-20)26(17-19-11-5-2-6-12-19)23(25-24)21-15-9-4-10-16-21/h2-16,22,27H,17-18H2,1H3/t22-,24+/m0/s1. The number of aliphatic hydroxyl groups is 1. The maximum Gasteiger partial charge on any atom is 0.132 e. The molecule has 2 atom stereocenters. The van der Waals surface area contributed by atoms with Gasteiger partial charge in [0.1, 0.15) is 11.4 Å². The molecule has 1 aliphatic rings. The molecule has 0 amide bonds. The zero-order valence-electron chi connectivity index (χ0n) is 15.5. The summed E-state index contributed by atoms with van der Waals surface area (Å²) in [5.74, 6) is 0.935. The predicted octanol–water partition coefficient (Wildman–Crippen LogP) is 4.44. The molecule has 0 bridgehead atoms. The van der Waals surface area contributed by atoms with Gasteiger partial charge in [0.2, 0.25) is 0 Å². The summed E-state index contributed by atoms with van der Waals surface area (Å²) in [5.41, 5.74) is 2.87. The van der Waals surface area contributed by atoms with Gasteiger partial charge in [0.05, 0.1) is 12.6 Å². The number of aliphatic hydroxyl groups excluding tert-OH is 1. The molecule has 0 saturated carbocycles. The van der Waals surface area contributed by atoms with E-state index in [1.807, 2.05) is 49.4 Å². The number of amidine groups is 1. The van der Waals surface area contributed by atoms with E-state index in [-0.39, 0.29) is 12.6 Å². The Kier molecular flexibility index (Phi) is 4.78. The van der Waals surface area contributed by atoms with E-state index in [0.29, 0.717) is 0 Å². The Bertz CT molecular complexity index is 909. The van der Waals surface area contributed by atoms with Crippen LogP contribution in [0.3, 0.4) is 0 Å². The number of hydrogen-bond donors (Lipinski definition) is 1. The van der Waals surface area contributed by atoms with Crippen LogP contribution in [0, 0.1) is 0 Å². The van der Waals surface area contributed by atoms with Gasteiger partial charge in [-0.3, -0.25) is 4.99 Å². The van der Waals surface area contributed by atoms with Gasteiger partial charge >= 0.3 is 0 Å². The van der Waals surface area contributed by atoms with Crippen LogP contribution in [0.25, 0.3) is 0 Å². The van der Waals surface area contributed by atoms with Gasteiger partial charge in [0.25, 0.3) is 0 Å². The summed E-state index contributed by atoms with van der Waals surface area (Å²) in [6.45, 7) is 2.77. The average Bonchev–Trinajstić information content (AvgIpc) is 3.03. The first-order valence-electron chi connectivity index (χ1n) is 9.33. The fourth-order valence-corrected chi connectivity index (χ4v) is 3.89. The molecule has 0 radical (unpaired) electrons. The second kappa shape index (κ2) is 7.37. The van der Waals surface area contributed by atoms with Crippen LogP contribution >= 0.6 is 0 Å². The molecule has 3 nitrogen and oxygen atoms in total. The lowest BCUT2D eigenvalue weighted by molar-refractivity contribution is 0.146. The van der Waals surface area contributed by atoms with E-state index in [4.69, 9.17) is 4.99 Å². The quantitative estimate of drug-likeness (QED) is 0.733. The Morgan fingerprint density at radius 2 is 1.41 bits per heavy atom. The molecule has 0 spiro atoms. The van der Waals surface area contributed by atoms with Crippen LogP contribution in [0.5, 0.6) is 0 Å². The summed E-state index contributed by atoms with van der Waals surface area (Å²) in [6, 6.07) is 31.0. The van der Waals surface area contributed by atoms with Crippen LogP contribution in [0.15, 0.2) is 96.0 Å². The van der Waals surface area contributed by atoms with Crippen molar-refractivity contribution in [2.75, 3.05) is 6.61 Å². The zero-order chi connectivity index (χ0) is 18.7. The molecule has 0 aromatic heterocycles. The molecule has 1 heterocycles. The number of hydrogen-bond acceptors (Lipinski definition) is 3. The Balaban J connectivity index is 1.82. The molecule has 3 aromatic rings. The monoisotopic (exact) mass is 356 g/mol. The van der Waals surface area contributed by atoms with Gasteiger partial charge in [0, 0.05) is 12.1 Å². The highest BCUT2D eigenvalue weighted by molar-refractivity contribution is 6.00. The van der Waals surface area contributed by atoms with Crippen LogP contribution < -0.4 is 0 Å². The molecular formula is C24H24N2O. The van der Waals surface area contributed by atoms with E-state index in [9.17, 15) is 5.11 Å². The Morgan fingerprint density at radius 3 is 2.00 bits per heavy atom. The van der Waals surface area contributed by atoms with E-state index in [0.717, 1.165) is 17.9 Å². The van der Waals surface area contributed by atoms with Crippen molar-refractivity contribution in [1.29, 1.82) is 0 Å². The van der Waals surface area contributed by atoms with Crippen molar-refractivity contribution >= 4 is 5.84 Å². The number of nitrogens with zero attached hydrogens (tertiary/aromatic N) is 2. The van der Waals surface area contributed by atoms with Crippen molar-refractivity contribution in [3.05, 3.63) is 108 Å². The number of rotatable bonds is 5. The highest BCUT2D eigenvalue weighted by Crippen LogP contribution is 2.42. The molecule has 136 valence electrons. The van der Waals surface area contributed by atoms with Crippen LogP contribution in [-0.4, -0.2) is 28.0 Å². The predicted molar refractivity (Wildman–Crippen MR) is 110 cm³/mol. The van der Waals surface area contributed by atoms with Gasteiger partial charge in [0.15, 0.2) is 0 Å². The molecule has 0 saturated heterocycles. The van der Waals surface area contributed by atoms with Crippen molar-refractivity contribution in [3.8, 4) is 0 Å². The molecule has 0 unspecified atom stereocenters. The number of benzene rings is 3. The lowest BCUT2D eigenvalue weighted by atomic mass is 9.88. The first-order chi connectivity index (χ1) is 13.2. The molecule has 1 N–H and O–H groups in total. The highest BCUT2D eigenvalue weighted by atomic mass is 16.3. The third-order valence-corrected chi connectivity index (χ3v) is 5.20. The highest BCUT2D eigenvalue weighted by Gasteiger charge is 2.46. The average molecular weight is 356 g/mol. The smallest absolute Gasteiger partial charge is 0.132 e. The minimum absolute atomic E-state index is 0.00577. The van der Waals surface area contributed by atoms with E-state index in [2.05, 4.69) is 53.4 Å². The Labute approximate surface area is 160 Å². The molecule has 0 aliphatic carbocycles. The molecular weight excluding hydrogens is 332 g/mol. The third kappa shape index (κ3) is 3.38. The SMILES string of the molecule is C[C@]1(CO)N=C(c2ccccc2)N(Cc2ccccc2)[C@H]1c1ccccc1. The Morgan fingerprint density at radius 1 is 0.852 bits per heavy atom. The minimum atomic E-state index is -0.596. The summed E-state index contributed by atoms with van der Waals surface area (Å²) >= 11 is 0. The van der Waals surface area contributed by atoms with Crippen LogP contribution in [0.1, 0.15) is 29.7 Å². The first-order valence-corrected chi connectivity index (χ1v) is 9.33. The second-order valence-corrected chi connectivity index (χ2v) is 7.24. The largest absolute Gasteiger partial charge is 0.394 e. The van der Waals surface area contributed by atoms with Gasteiger partial charge in [-0.1, -0.05) is 91.0 Å². The summed E-state index contributed by atoms with van der Waals surface area (Å²) in [4.78, 5) is 7.37. The molecule has 4 rings (SSSR count). The summed E-state index contributed by atoms with van der Waals surface area (Å²) in [7, 11) is 0. The third-order valence-electron chi connectivity index (χ3n) is 5.20. The topological polar surface area (TPSA) is 35.8 Å². The minimum Gasteiger partial charge on any atom is -0.394 e. The van der Waals surface area contributed by atoms with Gasteiger partial charge in [-0.15, -0.1) is 0 Å². The fraction of sp³-hybridized carbons (Fsp3) is 0.208. The molecule has 3 aromatic carbocycles. The van der Waals surface area contributed by atoms with Crippen molar-refractivity contribution < 1.29 is 5.11 Å². The van der Waals surface area contributed by atoms with Gasteiger partial charge < -0.3 is 10.0 Å². The molecule has 3 heteroatoms. The van der Waals surface area contributed by atoms with Crippen LogP contribution in [0.4, 0.5) is 0 Å². The zero-order valence-corrected chi connectivity index (χ0v) is 15.5. The second-order valence-electron chi connectivity index (χ2n) is 7.24. The van der Waals surface area contributed by atoms with E-state index in [1.54, 1.807) is 0 Å². The van der Waals surface area contributed by atoms with Gasteiger partial charge in [-0.2, -0.15) is 0 Å². The van der Waals surface area contributed by atoms with Gasteiger partial charge in [-0.25, -0.2) is 0 Å². The lowest BCUT2D eigenvalue weighted by Crippen LogP contribution is -2.40. The van der Waals surface area contributed by atoms with E-state index in [1.165, 1.54) is 11.1 Å². The maximum atomic E-state index is 10.3. The molecule has 27 heavy (non-hydrogen) atoms.